The molecule has 14 heavy (non-hydrogen) atoms. The second kappa shape index (κ2) is 3.10. The quantitative estimate of drug-likeness (QED) is 0.541. The third kappa shape index (κ3) is 1.32. The fourth-order valence-corrected chi connectivity index (χ4v) is 1.48. The topological polar surface area (TPSA) is 72.2 Å². The predicted octanol–water partition coefficient (Wildman–Crippen LogP) is 1.59. The van der Waals surface area contributed by atoms with Crippen LogP contribution in [0.4, 0.5) is 11.4 Å². The van der Waals surface area contributed by atoms with E-state index in [4.69, 9.17) is 0 Å². The van der Waals surface area contributed by atoms with E-state index in [9.17, 15) is 14.9 Å². The van der Waals surface area contributed by atoms with Crippen molar-refractivity contribution in [1.82, 2.24) is 0 Å². The van der Waals surface area contributed by atoms with Gasteiger partial charge in [0.25, 0.3) is 5.69 Å². The van der Waals surface area contributed by atoms with Crippen molar-refractivity contribution >= 4 is 17.2 Å². The second-order valence-electron chi connectivity index (χ2n) is 3.09. The van der Waals surface area contributed by atoms with E-state index < -0.39 is 4.92 Å². The van der Waals surface area contributed by atoms with Gasteiger partial charge in [-0.25, -0.2) is 0 Å². The molecule has 1 aliphatic heterocycles. The number of nitrogens with one attached hydrogen (secondary N) is 1. The molecule has 0 saturated heterocycles. The van der Waals surface area contributed by atoms with Crippen LogP contribution in [0, 0.1) is 10.1 Å². The van der Waals surface area contributed by atoms with Crippen LogP contribution in [0.15, 0.2) is 18.2 Å². The monoisotopic (exact) mass is 192 g/mol. The smallest absolute Gasteiger partial charge is 0.270 e. The number of carbonyl (C=O) groups is 1. The molecule has 0 amide bonds. The summed E-state index contributed by atoms with van der Waals surface area (Å²) in [4.78, 5) is 21.4. The molecule has 5 heteroatoms. The first kappa shape index (κ1) is 8.68. The van der Waals surface area contributed by atoms with E-state index in [1.54, 1.807) is 6.07 Å². The Morgan fingerprint density at radius 2 is 2.21 bits per heavy atom. The average Bonchev–Trinajstić information content (AvgIpc) is 2.18. The number of nitro benzene ring substituents is 1. The number of nitrogens with zero attached hydrogens (tertiary/aromatic N) is 1. The largest absolute Gasteiger partial charge is 0.384 e. The number of anilines is 1. The number of hydrogen-bond donors (Lipinski definition) is 1. The number of nitro groups is 1. The molecule has 1 N–H and O–H groups in total. The van der Waals surface area contributed by atoms with E-state index in [-0.39, 0.29) is 11.5 Å². The van der Waals surface area contributed by atoms with Crippen LogP contribution in [0.5, 0.6) is 0 Å². The van der Waals surface area contributed by atoms with E-state index in [1.807, 2.05) is 0 Å². The molecule has 1 aromatic carbocycles. The fraction of sp³-hybridized carbons (Fsp3) is 0.222. The van der Waals surface area contributed by atoms with Gasteiger partial charge in [0.15, 0.2) is 5.78 Å². The molecule has 0 unspecified atom stereocenters. The maximum atomic E-state index is 11.4. The van der Waals surface area contributed by atoms with Gasteiger partial charge in [-0.3, -0.25) is 14.9 Å². The van der Waals surface area contributed by atoms with Crippen molar-refractivity contribution in [1.29, 1.82) is 0 Å². The Balaban J connectivity index is 2.51. The molecule has 2 rings (SSSR count). The van der Waals surface area contributed by atoms with Crippen molar-refractivity contribution in [3.63, 3.8) is 0 Å². The Labute approximate surface area is 79.9 Å². The van der Waals surface area contributed by atoms with Crippen LogP contribution in [0.2, 0.25) is 0 Å². The molecule has 0 aliphatic carbocycles. The third-order valence-electron chi connectivity index (χ3n) is 2.18. The third-order valence-corrected chi connectivity index (χ3v) is 2.18. The number of benzene rings is 1. The van der Waals surface area contributed by atoms with Crippen LogP contribution in [0.25, 0.3) is 0 Å². The van der Waals surface area contributed by atoms with Crippen molar-refractivity contribution in [3.05, 3.63) is 33.9 Å². The van der Waals surface area contributed by atoms with Crippen molar-refractivity contribution in [3.8, 4) is 0 Å². The van der Waals surface area contributed by atoms with E-state index in [0.717, 1.165) is 0 Å². The van der Waals surface area contributed by atoms with Gasteiger partial charge in [-0.15, -0.1) is 0 Å². The molecule has 1 aromatic rings. The zero-order chi connectivity index (χ0) is 10.1. The molecule has 0 atom stereocenters. The number of rotatable bonds is 1. The summed E-state index contributed by atoms with van der Waals surface area (Å²) in [5.74, 6) is -0.0394. The number of Topliss-reactive ketones (excluding diaryl/α,β-unsaturated/α-hetero) is 1. The number of ketones is 1. The molecule has 1 aliphatic rings. The lowest BCUT2D eigenvalue weighted by molar-refractivity contribution is -0.384. The Hall–Kier alpha value is -1.91. The van der Waals surface area contributed by atoms with E-state index in [2.05, 4.69) is 5.32 Å². The van der Waals surface area contributed by atoms with Crippen molar-refractivity contribution in [2.45, 2.75) is 6.42 Å². The minimum Gasteiger partial charge on any atom is -0.384 e. The van der Waals surface area contributed by atoms with Crippen molar-refractivity contribution < 1.29 is 9.72 Å². The van der Waals surface area contributed by atoms with Gasteiger partial charge in [0.2, 0.25) is 0 Å². The molecule has 0 aromatic heterocycles. The van der Waals surface area contributed by atoms with E-state index in [1.165, 1.54) is 12.1 Å². The number of carbonyl (C=O) groups excluding carboxylic acids is 1. The highest BCUT2D eigenvalue weighted by Crippen LogP contribution is 2.25. The zero-order valence-corrected chi connectivity index (χ0v) is 7.32. The van der Waals surface area contributed by atoms with Gasteiger partial charge in [-0.1, -0.05) is 0 Å². The molecule has 0 fully saturated rings. The number of non-ortho nitro benzene ring substituents is 1. The summed E-state index contributed by atoms with van der Waals surface area (Å²) >= 11 is 0. The van der Waals surface area contributed by atoms with Gasteiger partial charge in [-0.05, 0) is 6.07 Å². The highest BCUT2D eigenvalue weighted by atomic mass is 16.6. The van der Waals surface area contributed by atoms with E-state index >= 15 is 0 Å². The molecule has 72 valence electrons. The summed E-state index contributed by atoms with van der Waals surface area (Å²) in [6.45, 7) is 0.601. The van der Waals surface area contributed by atoms with E-state index in [0.29, 0.717) is 24.2 Å². The minimum absolute atomic E-state index is 0.0394. The Bertz CT molecular complexity index is 415. The van der Waals surface area contributed by atoms with Crippen LogP contribution in [0.1, 0.15) is 16.8 Å². The first-order valence-corrected chi connectivity index (χ1v) is 4.24. The fourth-order valence-electron chi connectivity index (χ4n) is 1.48. The summed E-state index contributed by atoms with van der Waals surface area (Å²) < 4.78 is 0. The molecule has 0 radical (unpaired) electrons. The first-order chi connectivity index (χ1) is 6.68. The number of hydrogen-bond acceptors (Lipinski definition) is 4. The second-order valence-corrected chi connectivity index (χ2v) is 3.09. The maximum Gasteiger partial charge on any atom is 0.270 e. The van der Waals surface area contributed by atoms with Gasteiger partial charge < -0.3 is 5.32 Å². The standard InChI is InChI=1S/C9H8N2O3/c12-9-3-4-10-8-2-1-6(11(13)14)5-7(8)9/h1-2,5,10H,3-4H2. The van der Waals surface area contributed by atoms with Gasteiger partial charge >= 0.3 is 0 Å². The summed E-state index contributed by atoms with van der Waals surface area (Å²) in [5, 5.41) is 13.5. The summed E-state index contributed by atoms with van der Waals surface area (Å²) in [6.07, 6.45) is 0.397. The van der Waals surface area contributed by atoms with Crippen molar-refractivity contribution in [2.24, 2.45) is 0 Å². The summed E-state index contributed by atoms with van der Waals surface area (Å²) in [6, 6.07) is 4.29. The Morgan fingerprint density at radius 1 is 1.43 bits per heavy atom. The maximum absolute atomic E-state index is 11.4. The van der Waals surface area contributed by atoms with Gasteiger partial charge in [0, 0.05) is 36.3 Å². The first-order valence-electron chi connectivity index (χ1n) is 4.24. The minimum atomic E-state index is -0.498. The Kier molecular flexibility index (Phi) is 1.92. The van der Waals surface area contributed by atoms with Crippen LogP contribution in [-0.2, 0) is 0 Å². The average molecular weight is 192 g/mol. The highest BCUT2D eigenvalue weighted by Gasteiger charge is 2.19. The number of fused-ring (bicyclic) bond motifs is 1. The zero-order valence-electron chi connectivity index (χ0n) is 7.32. The molecule has 0 saturated carbocycles. The molecular weight excluding hydrogens is 184 g/mol. The lowest BCUT2D eigenvalue weighted by Gasteiger charge is -2.15. The molecule has 0 bridgehead atoms. The van der Waals surface area contributed by atoms with Crippen LogP contribution in [-0.4, -0.2) is 17.3 Å². The normalized spacial score (nSPS) is 14.4. The van der Waals surface area contributed by atoms with Crippen LogP contribution in [0.3, 0.4) is 0 Å². The molecular formula is C9H8N2O3. The molecule has 1 heterocycles. The Morgan fingerprint density at radius 3 is 2.93 bits per heavy atom. The predicted molar refractivity (Wildman–Crippen MR) is 50.5 cm³/mol. The van der Waals surface area contributed by atoms with Crippen LogP contribution < -0.4 is 5.32 Å². The summed E-state index contributed by atoms with van der Waals surface area (Å²) in [7, 11) is 0. The summed E-state index contributed by atoms with van der Waals surface area (Å²) in [5.41, 5.74) is 1.07. The lowest BCUT2D eigenvalue weighted by atomic mass is 10.0. The lowest BCUT2D eigenvalue weighted by Crippen LogP contribution is -2.17. The molecule has 0 spiro atoms. The van der Waals surface area contributed by atoms with Gasteiger partial charge in [0.05, 0.1) is 4.92 Å². The van der Waals surface area contributed by atoms with Gasteiger partial charge in [-0.2, -0.15) is 0 Å². The SMILES string of the molecule is O=C1CCNc2ccc([N+](=O)[O-])cc21. The van der Waals surface area contributed by atoms with Crippen molar-refractivity contribution in [2.75, 3.05) is 11.9 Å². The van der Waals surface area contributed by atoms with Crippen LogP contribution >= 0.6 is 0 Å². The molecule has 5 nitrogen and oxygen atoms in total. The highest BCUT2D eigenvalue weighted by molar-refractivity contribution is 6.03. The van der Waals surface area contributed by atoms with Gasteiger partial charge in [0.1, 0.15) is 0 Å².